The molecule has 0 bridgehead atoms. The van der Waals surface area contributed by atoms with Crippen molar-refractivity contribution in [3.63, 3.8) is 0 Å². The van der Waals surface area contributed by atoms with Gasteiger partial charge in [-0.25, -0.2) is 39.1 Å². The Bertz CT molecular complexity index is 240. The van der Waals surface area contributed by atoms with Crippen molar-refractivity contribution in [1.29, 1.82) is 0 Å². The molecule has 0 aromatic carbocycles. The quantitative estimate of drug-likeness (QED) is 0.146. The first kappa shape index (κ1) is 33.8. The van der Waals surface area contributed by atoms with Crippen molar-refractivity contribution in [2.24, 2.45) is 0 Å². The summed E-state index contributed by atoms with van der Waals surface area (Å²) in [5.74, 6) is 0. The minimum absolute atomic E-state index is 0.433. The Morgan fingerprint density at radius 3 is 0.719 bits per heavy atom. The van der Waals surface area contributed by atoms with Crippen molar-refractivity contribution in [1.82, 2.24) is 0 Å². The first-order valence-electron chi connectivity index (χ1n) is 12.0. The highest BCUT2D eigenvalue weighted by atomic mass is 17.2. The van der Waals surface area contributed by atoms with Crippen molar-refractivity contribution in [3.05, 3.63) is 0 Å². The summed E-state index contributed by atoms with van der Waals surface area (Å²) in [6, 6.07) is 0. The van der Waals surface area contributed by atoms with Gasteiger partial charge in [0.1, 0.15) is 26.4 Å². The van der Waals surface area contributed by atoms with Crippen LogP contribution in [0.5, 0.6) is 0 Å². The molecule has 0 saturated heterocycles. The highest BCUT2D eigenvalue weighted by molar-refractivity contribution is 4.51. The van der Waals surface area contributed by atoms with Gasteiger partial charge in [0, 0.05) is 0 Å². The predicted octanol–water partition coefficient (Wildman–Crippen LogP) is 4.22. The normalized spacial score (nSPS) is 13.1. The van der Waals surface area contributed by atoms with E-state index in [1.54, 1.807) is 0 Å². The molecule has 0 radical (unpaired) electrons. The summed E-state index contributed by atoms with van der Waals surface area (Å²) in [6.07, 6.45) is 9.00. The van der Waals surface area contributed by atoms with Crippen molar-refractivity contribution in [2.45, 2.75) is 66.2 Å². The molecule has 0 N–H and O–H groups in total. The second-order valence-electron chi connectivity index (χ2n) is 6.26. The molecule has 0 amide bonds. The summed E-state index contributed by atoms with van der Waals surface area (Å²) in [7, 11) is 0. The average molecular weight is 473 g/mol. The van der Waals surface area contributed by atoms with Crippen LogP contribution in [-0.2, 0) is 48.6 Å². The summed E-state index contributed by atoms with van der Waals surface area (Å²) in [5.41, 5.74) is 0. The lowest BCUT2D eigenvalue weighted by atomic mass is 10.0. The van der Waals surface area contributed by atoms with E-state index in [2.05, 4.69) is 19.6 Å². The van der Waals surface area contributed by atoms with Crippen LogP contribution in [0.2, 0.25) is 0 Å². The second kappa shape index (κ2) is 35.2. The zero-order valence-electron chi connectivity index (χ0n) is 20.8. The third-order valence-electron chi connectivity index (χ3n) is 3.55. The third kappa shape index (κ3) is 36.9. The summed E-state index contributed by atoms with van der Waals surface area (Å²) in [4.78, 5) is 37.4. The van der Waals surface area contributed by atoms with Crippen LogP contribution in [0.15, 0.2) is 0 Å². The van der Waals surface area contributed by atoms with Crippen LogP contribution in [0.3, 0.4) is 0 Å². The minimum atomic E-state index is 0.433. The summed E-state index contributed by atoms with van der Waals surface area (Å²) in [5, 5.41) is 0. The number of ether oxygens (including phenoxy) is 2. The molecule has 1 aliphatic carbocycles. The van der Waals surface area contributed by atoms with Gasteiger partial charge in [-0.2, -0.15) is 0 Å². The van der Waals surface area contributed by atoms with Gasteiger partial charge in [-0.3, -0.25) is 0 Å². The Kier molecular flexibility index (Phi) is 37.1. The van der Waals surface area contributed by atoms with Crippen molar-refractivity contribution in [3.8, 4) is 0 Å². The van der Waals surface area contributed by atoms with E-state index in [4.69, 9.17) is 29.0 Å². The van der Waals surface area contributed by atoms with Gasteiger partial charge < -0.3 is 9.47 Å². The lowest BCUT2D eigenvalue weighted by molar-refractivity contribution is -0.304. The second-order valence-corrected chi connectivity index (χ2v) is 6.26. The molecule has 10 nitrogen and oxygen atoms in total. The van der Waals surface area contributed by atoms with Gasteiger partial charge in [-0.1, -0.05) is 38.5 Å². The topological polar surface area (TPSA) is 92.3 Å². The van der Waals surface area contributed by atoms with E-state index < -0.39 is 0 Å². The van der Waals surface area contributed by atoms with E-state index in [1.807, 2.05) is 27.7 Å². The average Bonchev–Trinajstić information content (AvgIpc) is 2.84. The number of rotatable bonds is 20. The van der Waals surface area contributed by atoms with Crippen LogP contribution in [0.4, 0.5) is 0 Å². The van der Waals surface area contributed by atoms with Gasteiger partial charge >= 0.3 is 0 Å². The molecule has 0 heterocycles. The molecule has 10 heteroatoms. The maximum atomic E-state index is 5.12. The van der Waals surface area contributed by atoms with Gasteiger partial charge in [-0.15, -0.1) is 0 Å². The molecule has 0 aromatic heterocycles. The zero-order chi connectivity index (χ0) is 23.8. The molecular formula is C22H48O10. The molecule has 1 rings (SSSR count). The minimum Gasteiger partial charge on any atom is -0.376 e. The molecular weight excluding hydrogens is 424 g/mol. The Morgan fingerprint density at radius 2 is 0.531 bits per heavy atom. The Balaban J connectivity index is 0. The first-order valence-corrected chi connectivity index (χ1v) is 12.0. The van der Waals surface area contributed by atoms with Crippen LogP contribution in [0, 0.1) is 0 Å². The highest BCUT2D eigenvalue weighted by Crippen LogP contribution is 2.15. The highest BCUT2D eigenvalue weighted by Gasteiger charge is 1.95. The number of hydrogen-bond acceptors (Lipinski definition) is 10. The molecule has 0 unspecified atom stereocenters. The summed E-state index contributed by atoms with van der Waals surface area (Å²) in [6.45, 7) is 13.3. The fourth-order valence-corrected chi connectivity index (χ4v) is 2.21. The molecule has 0 aliphatic heterocycles. The Labute approximate surface area is 194 Å². The monoisotopic (exact) mass is 472 g/mol. The van der Waals surface area contributed by atoms with Gasteiger partial charge in [0.2, 0.25) is 0 Å². The van der Waals surface area contributed by atoms with Gasteiger partial charge in [-0.05, 0) is 27.7 Å². The molecule has 0 atom stereocenters. The van der Waals surface area contributed by atoms with Crippen LogP contribution in [0.25, 0.3) is 0 Å². The largest absolute Gasteiger partial charge is 0.376 e. The lowest BCUT2D eigenvalue weighted by Gasteiger charge is -2.05. The van der Waals surface area contributed by atoms with Crippen LogP contribution in [-0.4, -0.2) is 79.3 Å². The third-order valence-corrected chi connectivity index (χ3v) is 3.55. The molecule has 1 aliphatic rings. The Hall–Kier alpha value is -0.400. The molecule has 196 valence electrons. The standard InChI is InChI=1S/2C8H18O5.C6H12/c2*1-3-10-12-7-5-9-6-8-13-11-4-2;1-2-4-6-5-3-1/h2*3-8H2,1-2H3;1-6H2. The summed E-state index contributed by atoms with van der Waals surface area (Å²) < 4.78 is 10.2. The van der Waals surface area contributed by atoms with Gasteiger partial charge in [0.25, 0.3) is 0 Å². The SMILES string of the molecule is C1CCCCC1.CCOOCCOCCOOCC.CCOOCCOCCOOCC. The van der Waals surface area contributed by atoms with Crippen LogP contribution < -0.4 is 0 Å². The van der Waals surface area contributed by atoms with Gasteiger partial charge in [0.05, 0.1) is 52.9 Å². The fourth-order valence-electron chi connectivity index (χ4n) is 2.21. The molecule has 1 fully saturated rings. The first-order chi connectivity index (χ1) is 15.8. The number of hydrogen-bond donors (Lipinski definition) is 0. The predicted molar refractivity (Wildman–Crippen MR) is 120 cm³/mol. The Morgan fingerprint density at radius 1 is 0.312 bits per heavy atom. The van der Waals surface area contributed by atoms with Crippen molar-refractivity contribution in [2.75, 3.05) is 79.3 Å². The maximum Gasteiger partial charge on any atom is 0.106 e. The van der Waals surface area contributed by atoms with Crippen molar-refractivity contribution >= 4 is 0 Å². The van der Waals surface area contributed by atoms with E-state index in [1.165, 1.54) is 38.5 Å². The molecule has 0 aromatic rings. The fraction of sp³-hybridized carbons (Fsp3) is 1.00. The van der Waals surface area contributed by atoms with Gasteiger partial charge in [0.15, 0.2) is 0 Å². The van der Waals surface area contributed by atoms with E-state index in [9.17, 15) is 0 Å². The molecule has 1 saturated carbocycles. The zero-order valence-corrected chi connectivity index (χ0v) is 20.8. The molecule has 32 heavy (non-hydrogen) atoms. The van der Waals surface area contributed by atoms with E-state index in [-0.39, 0.29) is 0 Å². The maximum absolute atomic E-state index is 5.12. The molecule has 0 spiro atoms. The lowest BCUT2D eigenvalue weighted by Crippen LogP contribution is -2.09. The summed E-state index contributed by atoms with van der Waals surface area (Å²) >= 11 is 0. The van der Waals surface area contributed by atoms with E-state index in [0.29, 0.717) is 79.3 Å². The van der Waals surface area contributed by atoms with E-state index >= 15 is 0 Å². The van der Waals surface area contributed by atoms with E-state index in [0.717, 1.165) is 0 Å². The van der Waals surface area contributed by atoms with Crippen LogP contribution >= 0.6 is 0 Å². The van der Waals surface area contributed by atoms with Crippen LogP contribution in [0.1, 0.15) is 66.2 Å². The van der Waals surface area contributed by atoms with Crippen molar-refractivity contribution < 1.29 is 48.6 Å². The smallest absolute Gasteiger partial charge is 0.106 e.